The standard InChI is InChI=1S/C19H15Br2NO3/c1-2-24-19(23)15(11-22)8-14-9-16(20)10-17(21)18(14)25-12-13-6-4-3-5-7-13/h3-10H,2,12H2,1H3/b15-8+. The van der Waals surface area contributed by atoms with Crippen LogP contribution in [0.25, 0.3) is 6.08 Å². The third kappa shape index (κ3) is 5.45. The van der Waals surface area contributed by atoms with Gasteiger partial charge in [-0.1, -0.05) is 46.3 Å². The molecular weight excluding hydrogens is 450 g/mol. The van der Waals surface area contributed by atoms with Crippen molar-refractivity contribution in [2.24, 2.45) is 0 Å². The van der Waals surface area contributed by atoms with E-state index in [1.54, 1.807) is 13.0 Å². The Morgan fingerprint density at radius 2 is 1.96 bits per heavy atom. The molecule has 6 heteroatoms. The van der Waals surface area contributed by atoms with Gasteiger partial charge in [-0.3, -0.25) is 0 Å². The lowest BCUT2D eigenvalue weighted by Crippen LogP contribution is -2.06. The molecule has 0 bridgehead atoms. The number of carbonyl (C=O) groups is 1. The van der Waals surface area contributed by atoms with Crippen LogP contribution in [0.2, 0.25) is 0 Å². The zero-order valence-electron chi connectivity index (χ0n) is 13.5. The number of hydrogen-bond donors (Lipinski definition) is 0. The van der Waals surface area contributed by atoms with Gasteiger partial charge < -0.3 is 9.47 Å². The largest absolute Gasteiger partial charge is 0.487 e. The zero-order chi connectivity index (χ0) is 18.2. The van der Waals surface area contributed by atoms with Crippen molar-refractivity contribution in [3.8, 4) is 11.8 Å². The van der Waals surface area contributed by atoms with E-state index in [-0.39, 0.29) is 12.2 Å². The van der Waals surface area contributed by atoms with E-state index < -0.39 is 5.97 Å². The Morgan fingerprint density at radius 1 is 1.24 bits per heavy atom. The first-order chi connectivity index (χ1) is 12.0. The van der Waals surface area contributed by atoms with Gasteiger partial charge in [0.1, 0.15) is 24.0 Å². The van der Waals surface area contributed by atoms with Crippen LogP contribution >= 0.6 is 31.9 Å². The molecule has 0 aromatic heterocycles. The molecule has 0 heterocycles. The molecule has 4 nitrogen and oxygen atoms in total. The van der Waals surface area contributed by atoms with Crippen molar-refractivity contribution in [1.82, 2.24) is 0 Å². The Morgan fingerprint density at radius 3 is 2.60 bits per heavy atom. The number of nitrogens with zero attached hydrogens (tertiary/aromatic N) is 1. The molecule has 0 aliphatic heterocycles. The maximum atomic E-state index is 11.9. The van der Waals surface area contributed by atoms with Crippen molar-refractivity contribution < 1.29 is 14.3 Å². The fraction of sp³-hybridized carbons (Fsp3) is 0.158. The van der Waals surface area contributed by atoms with Crippen LogP contribution < -0.4 is 4.74 Å². The van der Waals surface area contributed by atoms with Gasteiger partial charge in [0.15, 0.2) is 0 Å². The Labute approximate surface area is 163 Å². The highest BCUT2D eigenvalue weighted by Crippen LogP contribution is 2.35. The number of rotatable bonds is 6. The summed E-state index contributed by atoms with van der Waals surface area (Å²) in [6.45, 7) is 2.26. The molecule has 2 rings (SSSR count). The summed E-state index contributed by atoms with van der Waals surface area (Å²) in [4.78, 5) is 11.9. The van der Waals surface area contributed by atoms with Crippen molar-refractivity contribution in [1.29, 1.82) is 5.26 Å². The predicted octanol–water partition coefficient (Wildman–Crippen LogP) is 5.26. The molecule has 0 aliphatic rings. The van der Waals surface area contributed by atoms with Crippen molar-refractivity contribution in [2.45, 2.75) is 13.5 Å². The molecule has 2 aromatic carbocycles. The zero-order valence-corrected chi connectivity index (χ0v) is 16.6. The van der Waals surface area contributed by atoms with Gasteiger partial charge >= 0.3 is 5.97 Å². The summed E-state index contributed by atoms with van der Waals surface area (Å²) in [6.07, 6.45) is 1.47. The van der Waals surface area contributed by atoms with Crippen molar-refractivity contribution in [3.63, 3.8) is 0 Å². The molecule has 0 fully saturated rings. The molecule has 2 aromatic rings. The number of halogens is 2. The van der Waals surface area contributed by atoms with Gasteiger partial charge in [0, 0.05) is 10.0 Å². The van der Waals surface area contributed by atoms with Crippen LogP contribution in [-0.2, 0) is 16.1 Å². The molecule has 0 atom stereocenters. The van der Waals surface area contributed by atoms with Crippen molar-refractivity contribution in [3.05, 3.63) is 68.1 Å². The first-order valence-electron chi connectivity index (χ1n) is 7.49. The minimum atomic E-state index is -0.657. The lowest BCUT2D eigenvalue weighted by atomic mass is 10.1. The number of esters is 1. The molecule has 0 saturated heterocycles. The number of nitriles is 1. The van der Waals surface area contributed by atoms with Gasteiger partial charge in [-0.15, -0.1) is 0 Å². The van der Waals surface area contributed by atoms with Crippen LogP contribution in [0.4, 0.5) is 0 Å². The topological polar surface area (TPSA) is 59.3 Å². The summed E-state index contributed by atoms with van der Waals surface area (Å²) in [5.41, 5.74) is 1.52. The van der Waals surface area contributed by atoms with Crippen LogP contribution in [0.15, 0.2) is 57.0 Å². The van der Waals surface area contributed by atoms with Gasteiger partial charge in [0.25, 0.3) is 0 Å². The highest BCUT2D eigenvalue weighted by molar-refractivity contribution is 9.11. The quantitative estimate of drug-likeness (QED) is 0.332. The average molecular weight is 465 g/mol. The Hall–Kier alpha value is -2.10. The molecule has 0 N–H and O–H groups in total. The molecule has 0 radical (unpaired) electrons. The van der Waals surface area contributed by atoms with Gasteiger partial charge in [-0.05, 0) is 46.6 Å². The minimum absolute atomic E-state index is 0.0867. The number of carbonyl (C=O) groups excluding carboxylic acids is 1. The molecule has 128 valence electrons. The van der Waals surface area contributed by atoms with Crippen LogP contribution in [0.3, 0.4) is 0 Å². The maximum Gasteiger partial charge on any atom is 0.348 e. The van der Waals surface area contributed by atoms with E-state index in [0.29, 0.717) is 22.4 Å². The normalized spacial score (nSPS) is 10.9. The maximum absolute atomic E-state index is 11.9. The van der Waals surface area contributed by atoms with E-state index in [1.807, 2.05) is 42.5 Å². The number of benzene rings is 2. The second-order valence-electron chi connectivity index (χ2n) is 4.97. The molecule has 25 heavy (non-hydrogen) atoms. The van der Waals surface area contributed by atoms with Crippen LogP contribution in [-0.4, -0.2) is 12.6 Å². The first kappa shape index (κ1) is 19.2. The first-order valence-corrected chi connectivity index (χ1v) is 9.08. The summed E-state index contributed by atoms with van der Waals surface area (Å²) in [7, 11) is 0. The van der Waals surface area contributed by atoms with Crippen LogP contribution in [0, 0.1) is 11.3 Å². The molecule has 0 spiro atoms. The fourth-order valence-corrected chi connectivity index (χ4v) is 3.44. The highest BCUT2D eigenvalue weighted by atomic mass is 79.9. The van der Waals surface area contributed by atoms with Crippen LogP contribution in [0.5, 0.6) is 5.75 Å². The van der Waals surface area contributed by atoms with Crippen LogP contribution in [0.1, 0.15) is 18.1 Å². The fourth-order valence-electron chi connectivity index (χ4n) is 2.07. The monoisotopic (exact) mass is 463 g/mol. The average Bonchev–Trinajstić information content (AvgIpc) is 2.59. The van der Waals surface area contributed by atoms with E-state index in [2.05, 4.69) is 31.9 Å². The Balaban J connectivity index is 2.36. The van der Waals surface area contributed by atoms with Crippen molar-refractivity contribution >= 4 is 43.9 Å². The van der Waals surface area contributed by atoms with Gasteiger partial charge in [0.2, 0.25) is 0 Å². The smallest absolute Gasteiger partial charge is 0.348 e. The lowest BCUT2D eigenvalue weighted by Gasteiger charge is -2.13. The van der Waals surface area contributed by atoms with Gasteiger partial charge in [0.05, 0.1) is 11.1 Å². The van der Waals surface area contributed by atoms with E-state index in [0.717, 1.165) is 10.0 Å². The van der Waals surface area contributed by atoms with Gasteiger partial charge in [-0.25, -0.2) is 4.79 Å². The second-order valence-corrected chi connectivity index (χ2v) is 6.74. The molecule has 0 amide bonds. The summed E-state index contributed by atoms with van der Waals surface area (Å²) in [5.74, 6) is -0.112. The predicted molar refractivity (Wildman–Crippen MR) is 103 cm³/mol. The SMILES string of the molecule is CCOC(=O)/C(C#N)=C/c1cc(Br)cc(Br)c1OCc1ccccc1. The van der Waals surface area contributed by atoms with E-state index in [1.165, 1.54) is 6.08 Å². The molecule has 0 unspecified atom stereocenters. The van der Waals surface area contributed by atoms with E-state index in [4.69, 9.17) is 9.47 Å². The Bertz CT molecular complexity index is 827. The summed E-state index contributed by atoms with van der Waals surface area (Å²) < 4.78 is 12.3. The Kier molecular flexibility index (Phi) is 7.23. The van der Waals surface area contributed by atoms with Gasteiger partial charge in [-0.2, -0.15) is 5.26 Å². The third-order valence-electron chi connectivity index (χ3n) is 3.18. The number of ether oxygens (including phenoxy) is 2. The molecule has 0 aliphatic carbocycles. The lowest BCUT2D eigenvalue weighted by molar-refractivity contribution is -0.137. The molecule has 0 saturated carbocycles. The minimum Gasteiger partial charge on any atom is -0.487 e. The summed E-state index contributed by atoms with van der Waals surface area (Å²) >= 11 is 6.88. The summed E-state index contributed by atoms with van der Waals surface area (Å²) in [6, 6.07) is 15.2. The molecular formula is C19H15Br2NO3. The van der Waals surface area contributed by atoms with E-state index >= 15 is 0 Å². The second kappa shape index (κ2) is 9.40. The number of hydrogen-bond acceptors (Lipinski definition) is 4. The van der Waals surface area contributed by atoms with E-state index in [9.17, 15) is 10.1 Å². The van der Waals surface area contributed by atoms with Crippen molar-refractivity contribution in [2.75, 3.05) is 6.61 Å². The third-order valence-corrected chi connectivity index (χ3v) is 4.23. The summed E-state index contributed by atoms with van der Waals surface area (Å²) in [5, 5.41) is 9.24. The highest BCUT2D eigenvalue weighted by Gasteiger charge is 2.14.